The zero-order chi connectivity index (χ0) is 42.2. The topological polar surface area (TPSA) is 35.6 Å². The van der Waals surface area contributed by atoms with Crippen molar-refractivity contribution in [2.45, 2.75) is 13.8 Å². The van der Waals surface area contributed by atoms with Crippen LogP contribution in [0.4, 0.5) is 0 Å². The SMILES string of the molecule is C=C/C=C(\C=C)c1cc(-c2ccccc2)nc(-c2cc(C(/C=C\C)=C/C)c(-n3c4ccccc4c4cc(-n5c6ccccc6c6ccccc65)ccc43)c(-c3ccccc3)c2)n1. The molecule has 0 aliphatic carbocycles. The van der Waals surface area contributed by atoms with Crippen molar-refractivity contribution in [3.63, 3.8) is 0 Å². The van der Waals surface area contributed by atoms with E-state index in [1.54, 1.807) is 6.08 Å². The summed E-state index contributed by atoms with van der Waals surface area (Å²) in [7, 11) is 0. The molecule has 3 heterocycles. The Bertz CT molecular complexity index is 3390. The highest BCUT2D eigenvalue weighted by Gasteiger charge is 2.24. The van der Waals surface area contributed by atoms with Gasteiger partial charge in [-0.3, -0.25) is 0 Å². The van der Waals surface area contributed by atoms with Crippen LogP contribution >= 0.6 is 0 Å². The number of hydrogen-bond donors (Lipinski definition) is 0. The zero-order valence-corrected chi connectivity index (χ0v) is 34.8. The highest BCUT2D eigenvalue weighted by molar-refractivity contribution is 6.13. The zero-order valence-electron chi connectivity index (χ0n) is 34.8. The van der Waals surface area contributed by atoms with Gasteiger partial charge in [0.25, 0.3) is 0 Å². The summed E-state index contributed by atoms with van der Waals surface area (Å²) in [5, 5.41) is 4.85. The van der Waals surface area contributed by atoms with Crippen LogP contribution in [0.25, 0.3) is 99.9 Å². The average Bonchev–Trinajstić information content (AvgIpc) is 3.85. The molecule has 0 atom stereocenters. The lowest BCUT2D eigenvalue weighted by Crippen LogP contribution is -2.05. The summed E-state index contributed by atoms with van der Waals surface area (Å²) >= 11 is 0. The number of rotatable bonds is 10. The fourth-order valence-corrected chi connectivity index (χ4v) is 8.99. The lowest BCUT2D eigenvalue weighted by Gasteiger charge is -2.21. The van der Waals surface area contributed by atoms with Gasteiger partial charge in [0.2, 0.25) is 0 Å². The standard InChI is InChI=1S/C58H44N4/c1-5-21-39(7-3)48-35-43(58-59-51(40(8-4)22-6-2)38-52(60-58)42-25-13-10-14-26-42)36-49(41-23-11-9-12-24-41)57(48)62-55-32-20-17-29-47(55)50-37-44(33-34-56(50)62)61-53-30-18-15-27-45(53)46-28-16-19-31-54(46)61/h5-38H,2,4H2,1,3H3/b21-5-,39-7+,40-22+. The lowest BCUT2D eigenvalue weighted by molar-refractivity contribution is 1.14. The van der Waals surface area contributed by atoms with Crippen LogP contribution in [0.1, 0.15) is 25.1 Å². The van der Waals surface area contributed by atoms with Crippen LogP contribution in [0.15, 0.2) is 219 Å². The third-order valence-corrected chi connectivity index (χ3v) is 11.7. The second-order valence-electron chi connectivity index (χ2n) is 15.3. The molecule has 0 aliphatic rings. The van der Waals surface area contributed by atoms with Crippen LogP contribution in [0.3, 0.4) is 0 Å². The molecule has 0 amide bonds. The second-order valence-corrected chi connectivity index (χ2v) is 15.3. The van der Waals surface area contributed by atoms with E-state index < -0.39 is 0 Å². The Labute approximate surface area is 362 Å². The molecule has 0 fully saturated rings. The largest absolute Gasteiger partial charge is 0.309 e. The Balaban J connectivity index is 1.29. The monoisotopic (exact) mass is 796 g/mol. The molecule has 4 nitrogen and oxygen atoms in total. The van der Waals surface area contributed by atoms with Crippen molar-refractivity contribution in [1.82, 2.24) is 19.1 Å². The molecular formula is C58H44N4. The summed E-state index contributed by atoms with van der Waals surface area (Å²) < 4.78 is 4.86. The molecule has 7 aromatic carbocycles. The molecule has 10 aromatic rings. The van der Waals surface area contributed by atoms with Crippen molar-refractivity contribution in [2.75, 3.05) is 0 Å². The summed E-state index contributed by atoms with van der Waals surface area (Å²) in [4.78, 5) is 10.5. The van der Waals surface area contributed by atoms with Crippen molar-refractivity contribution in [3.05, 3.63) is 231 Å². The van der Waals surface area contributed by atoms with E-state index in [-0.39, 0.29) is 0 Å². The Morgan fingerprint density at radius 2 is 1.10 bits per heavy atom. The van der Waals surface area contributed by atoms with Gasteiger partial charge < -0.3 is 9.13 Å². The first-order valence-corrected chi connectivity index (χ1v) is 21.1. The first kappa shape index (κ1) is 38.1. The summed E-state index contributed by atoms with van der Waals surface area (Å²) in [6.07, 6.45) is 12.0. The Hall–Kier alpha value is -8.08. The van der Waals surface area contributed by atoms with E-state index in [0.29, 0.717) is 5.82 Å². The Morgan fingerprint density at radius 1 is 0.516 bits per heavy atom. The van der Waals surface area contributed by atoms with E-state index in [9.17, 15) is 0 Å². The molecule has 0 spiro atoms. The Kier molecular flexibility index (Phi) is 9.95. The quantitative estimate of drug-likeness (QED) is 0.129. The molecule has 0 N–H and O–H groups in total. The number of aromatic nitrogens is 4. The van der Waals surface area contributed by atoms with Crippen LogP contribution in [-0.2, 0) is 0 Å². The van der Waals surface area contributed by atoms with Gasteiger partial charge in [-0.05, 0) is 85.2 Å². The molecule has 0 radical (unpaired) electrons. The molecule has 0 aliphatic heterocycles. The van der Waals surface area contributed by atoms with Crippen LogP contribution in [0.2, 0.25) is 0 Å². The van der Waals surface area contributed by atoms with Gasteiger partial charge >= 0.3 is 0 Å². The van der Waals surface area contributed by atoms with E-state index in [0.717, 1.165) is 72.8 Å². The molecule has 0 saturated heterocycles. The van der Waals surface area contributed by atoms with Crippen molar-refractivity contribution in [2.24, 2.45) is 0 Å². The van der Waals surface area contributed by atoms with E-state index in [2.05, 4.69) is 200 Å². The van der Waals surface area contributed by atoms with Crippen molar-refractivity contribution < 1.29 is 0 Å². The third kappa shape index (κ3) is 6.50. The van der Waals surface area contributed by atoms with E-state index in [1.807, 2.05) is 36.4 Å². The molecule has 0 unspecified atom stereocenters. The second kappa shape index (κ2) is 16.2. The minimum atomic E-state index is 0.622. The summed E-state index contributed by atoms with van der Waals surface area (Å²) in [5.41, 5.74) is 15.5. The molecular weight excluding hydrogens is 753 g/mol. The fourth-order valence-electron chi connectivity index (χ4n) is 8.99. The highest BCUT2D eigenvalue weighted by Crippen LogP contribution is 2.44. The number of fused-ring (bicyclic) bond motifs is 6. The van der Waals surface area contributed by atoms with Gasteiger partial charge in [-0.25, -0.2) is 9.97 Å². The third-order valence-electron chi connectivity index (χ3n) is 11.7. The number of hydrogen-bond acceptors (Lipinski definition) is 2. The van der Waals surface area contributed by atoms with Crippen LogP contribution in [0.5, 0.6) is 0 Å². The van der Waals surface area contributed by atoms with E-state index in [1.165, 1.54) is 32.6 Å². The van der Waals surface area contributed by atoms with Gasteiger partial charge in [0, 0.05) is 49.5 Å². The minimum Gasteiger partial charge on any atom is -0.309 e. The minimum absolute atomic E-state index is 0.622. The van der Waals surface area contributed by atoms with Gasteiger partial charge in [0.1, 0.15) is 0 Å². The first-order valence-electron chi connectivity index (χ1n) is 21.1. The lowest BCUT2D eigenvalue weighted by atomic mass is 9.92. The van der Waals surface area contributed by atoms with E-state index in [4.69, 9.17) is 9.97 Å². The maximum atomic E-state index is 5.28. The van der Waals surface area contributed by atoms with Crippen LogP contribution < -0.4 is 0 Å². The highest BCUT2D eigenvalue weighted by atomic mass is 15.0. The maximum Gasteiger partial charge on any atom is 0.160 e. The number of benzene rings is 7. The predicted octanol–water partition coefficient (Wildman–Crippen LogP) is 15.4. The van der Waals surface area contributed by atoms with Crippen molar-refractivity contribution in [1.29, 1.82) is 0 Å². The molecule has 296 valence electrons. The molecule has 10 rings (SSSR count). The molecule has 0 bridgehead atoms. The smallest absolute Gasteiger partial charge is 0.160 e. The van der Waals surface area contributed by atoms with Crippen molar-refractivity contribution in [3.8, 4) is 45.1 Å². The molecule has 4 heteroatoms. The van der Waals surface area contributed by atoms with Gasteiger partial charge in [0.15, 0.2) is 5.82 Å². The number of nitrogens with zero attached hydrogens (tertiary/aromatic N) is 4. The first-order chi connectivity index (χ1) is 30.6. The molecule has 62 heavy (non-hydrogen) atoms. The summed E-state index contributed by atoms with van der Waals surface area (Å²) in [6.45, 7) is 12.3. The average molecular weight is 797 g/mol. The van der Waals surface area contributed by atoms with Gasteiger partial charge in [0.05, 0.1) is 39.1 Å². The molecule has 3 aromatic heterocycles. The van der Waals surface area contributed by atoms with Crippen LogP contribution in [0, 0.1) is 0 Å². The van der Waals surface area contributed by atoms with Crippen molar-refractivity contribution >= 4 is 54.8 Å². The van der Waals surface area contributed by atoms with Gasteiger partial charge in [-0.1, -0.05) is 165 Å². The summed E-state index contributed by atoms with van der Waals surface area (Å²) in [6, 6.07) is 60.6. The van der Waals surface area contributed by atoms with Crippen LogP contribution in [-0.4, -0.2) is 19.1 Å². The number of allylic oxidation sites excluding steroid dienone is 8. The fraction of sp³-hybridized carbons (Fsp3) is 0.0345. The van der Waals surface area contributed by atoms with E-state index >= 15 is 0 Å². The Morgan fingerprint density at radius 3 is 1.71 bits per heavy atom. The molecule has 0 saturated carbocycles. The predicted molar refractivity (Wildman–Crippen MR) is 264 cm³/mol. The van der Waals surface area contributed by atoms with Gasteiger partial charge in [-0.2, -0.15) is 0 Å². The van der Waals surface area contributed by atoms with Gasteiger partial charge in [-0.15, -0.1) is 0 Å². The number of para-hydroxylation sites is 3. The maximum absolute atomic E-state index is 5.28. The summed E-state index contributed by atoms with van der Waals surface area (Å²) in [5.74, 6) is 0.622. The normalized spacial score (nSPS) is 12.3.